The van der Waals surface area contributed by atoms with Crippen LogP contribution in [0.3, 0.4) is 0 Å². The average Bonchev–Trinajstić information content (AvgIpc) is 2.96. The molecule has 0 aliphatic heterocycles. The first-order chi connectivity index (χ1) is 21.2. The number of nitrogens with zero attached hydrogens (tertiary/aromatic N) is 2. The molecule has 45 heavy (non-hydrogen) atoms. The first-order valence-electron chi connectivity index (χ1n) is 14.1. The number of halogens is 3. The molecule has 1 unspecified atom stereocenters. The van der Waals surface area contributed by atoms with Crippen LogP contribution in [0.1, 0.15) is 46.1 Å². The quantitative estimate of drug-likeness (QED) is 0.163. The third kappa shape index (κ3) is 10.9. The van der Waals surface area contributed by atoms with Crippen LogP contribution in [0.15, 0.2) is 48.7 Å². The SMILES string of the molecule is CC(C)(C)ON(C=O)CC(=O)NCCC(C)(CCOC(=O)Nc1cc2cc(F)ccc2cn1)C(=O)NCc1cccc(F)c1Cl. The lowest BCUT2D eigenvalue weighted by Gasteiger charge is -2.29. The fourth-order valence-electron chi connectivity index (χ4n) is 4.23. The van der Waals surface area contributed by atoms with Gasteiger partial charge in [-0.1, -0.05) is 30.7 Å². The minimum absolute atomic E-state index is 0.0372. The molecule has 1 heterocycles. The van der Waals surface area contributed by atoms with Crippen LogP contribution in [-0.2, 0) is 30.5 Å². The Kier molecular flexibility index (Phi) is 12.2. The van der Waals surface area contributed by atoms with Crippen molar-refractivity contribution >= 4 is 52.5 Å². The molecule has 1 atom stereocenters. The Morgan fingerprint density at radius 1 is 1.02 bits per heavy atom. The van der Waals surface area contributed by atoms with E-state index in [4.69, 9.17) is 21.2 Å². The maximum atomic E-state index is 13.9. The number of aromatic nitrogens is 1. The van der Waals surface area contributed by atoms with E-state index in [0.717, 1.165) is 5.06 Å². The lowest BCUT2D eigenvalue weighted by atomic mass is 9.82. The number of ether oxygens (including phenoxy) is 1. The molecule has 3 aromatic rings. The lowest BCUT2D eigenvalue weighted by molar-refractivity contribution is -0.215. The minimum atomic E-state index is -1.17. The molecular weight excluding hydrogens is 612 g/mol. The second kappa shape index (κ2) is 15.6. The molecular formula is C31H36ClF2N5O6. The number of hydrogen-bond acceptors (Lipinski definition) is 7. The molecule has 0 spiro atoms. The summed E-state index contributed by atoms with van der Waals surface area (Å²) in [4.78, 5) is 59.2. The summed E-state index contributed by atoms with van der Waals surface area (Å²) < 4.78 is 32.8. The number of carbonyl (C=O) groups is 4. The number of benzene rings is 2. The van der Waals surface area contributed by atoms with E-state index in [1.165, 1.54) is 36.5 Å². The predicted molar refractivity (Wildman–Crippen MR) is 164 cm³/mol. The van der Waals surface area contributed by atoms with Crippen molar-refractivity contribution in [3.05, 3.63) is 70.9 Å². The zero-order chi connectivity index (χ0) is 33.2. The normalized spacial score (nSPS) is 12.6. The fourth-order valence-corrected chi connectivity index (χ4v) is 4.43. The number of nitrogens with one attached hydrogen (secondary N) is 3. The van der Waals surface area contributed by atoms with Crippen LogP contribution in [0.4, 0.5) is 19.4 Å². The Morgan fingerprint density at radius 3 is 2.49 bits per heavy atom. The van der Waals surface area contributed by atoms with E-state index < -0.39 is 40.6 Å². The summed E-state index contributed by atoms with van der Waals surface area (Å²) in [6.07, 6.45) is 1.20. The molecule has 0 saturated heterocycles. The number of hydroxylamine groups is 2. The Hall–Kier alpha value is -4.36. The molecule has 14 heteroatoms. The van der Waals surface area contributed by atoms with E-state index in [9.17, 15) is 28.0 Å². The van der Waals surface area contributed by atoms with Gasteiger partial charge in [-0.05, 0) is 74.9 Å². The fraction of sp³-hybridized carbons (Fsp3) is 0.387. The van der Waals surface area contributed by atoms with Crippen LogP contribution in [0, 0.1) is 17.0 Å². The monoisotopic (exact) mass is 647 g/mol. The van der Waals surface area contributed by atoms with E-state index in [1.807, 2.05) is 0 Å². The molecule has 0 saturated carbocycles. The molecule has 0 radical (unpaired) electrons. The third-order valence-electron chi connectivity index (χ3n) is 6.63. The van der Waals surface area contributed by atoms with Crippen molar-refractivity contribution in [2.45, 2.75) is 52.7 Å². The number of anilines is 1. The Balaban J connectivity index is 1.62. The Morgan fingerprint density at radius 2 is 1.78 bits per heavy atom. The smallest absolute Gasteiger partial charge is 0.412 e. The maximum Gasteiger partial charge on any atom is 0.412 e. The summed E-state index contributed by atoms with van der Waals surface area (Å²) in [5.41, 5.74) is -1.50. The van der Waals surface area contributed by atoms with E-state index in [2.05, 4.69) is 20.9 Å². The molecule has 3 rings (SSSR count). The van der Waals surface area contributed by atoms with Crippen molar-refractivity contribution in [1.82, 2.24) is 20.7 Å². The van der Waals surface area contributed by atoms with Crippen LogP contribution >= 0.6 is 11.6 Å². The number of pyridine rings is 1. The van der Waals surface area contributed by atoms with Crippen molar-refractivity contribution < 1.29 is 37.5 Å². The third-order valence-corrected chi connectivity index (χ3v) is 7.05. The summed E-state index contributed by atoms with van der Waals surface area (Å²) in [7, 11) is 0. The molecule has 242 valence electrons. The Labute approximate surface area is 264 Å². The second-order valence-electron chi connectivity index (χ2n) is 11.5. The van der Waals surface area contributed by atoms with Gasteiger partial charge in [-0.3, -0.25) is 24.5 Å². The summed E-state index contributed by atoms with van der Waals surface area (Å²) in [6, 6.07) is 9.91. The largest absolute Gasteiger partial charge is 0.449 e. The van der Waals surface area contributed by atoms with E-state index in [0.29, 0.717) is 22.7 Å². The zero-order valence-electron chi connectivity index (χ0n) is 25.4. The second-order valence-corrected chi connectivity index (χ2v) is 11.9. The first kappa shape index (κ1) is 35.1. The minimum Gasteiger partial charge on any atom is -0.449 e. The van der Waals surface area contributed by atoms with Crippen LogP contribution in [0.25, 0.3) is 10.8 Å². The molecule has 2 aromatic carbocycles. The molecule has 3 N–H and O–H groups in total. The number of rotatable bonds is 14. The van der Waals surface area contributed by atoms with Crippen LogP contribution in [0.5, 0.6) is 0 Å². The molecule has 4 amide bonds. The molecule has 1 aromatic heterocycles. The van der Waals surface area contributed by atoms with Gasteiger partial charge in [0.25, 0.3) is 0 Å². The van der Waals surface area contributed by atoms with Gasteiger partial charge in [-0.15, -0.1) is 0 Å². The van der Waals surface area contributed by atoms with Crippen molar-refractivity contribution in [2.75, 3.05) is 25.0 Å². The van der Waals surface area contributed by atoms with Gasteiger partial charge >= 0.3 is 6.09 Å². The zero-order valence-corrected chi connectivity index (χ0v) is 26.2. The molecule has 11 nitrogen and oxygen atoms in total. The van der Waals surface area contributed by atoms with Gasteiger partial charge in [0.1, 0.15) is 24.0 Å². The van der Waals surface area contributed by atoms with Crippen LogP contribution < -0.4 is 16.0 Å². The number of fused-ring (bicyclic) bond motifs is 1. The van der Waals surface area contributed by atoms with Crippen molar-refractivity contribution in [1.29, 1.82) is 0 Å². The topological polar surface area (TPSA) is 139 Å². The van der Waals surface area contributed by atoms with Gasteiger partial charge < -0.3 is 15.4 Å². The Bertz CT molecular complexity index is 1540. The standard InChI is InChI=1S/C31H36ClF2N5O6/c1-30(2,3)45-39(19-40)18-26(41)35-12-10-31(4,28(42)37-17-21-6-5-7-24(34)27(21)32)11-13-44-29(43)38-25-15-22-14-23(33)9-8-20(22)16-36-25/h5-9,14-16,19H,10-13,17-18H2,1-4H3,(H,35,41)(H,37,42)(H,36,38,43). The van der Waals surface area contributed by atoms with Gasteiger partial charge in [0, 0.05) is 24.7 Å². The van der Waals surface area contributed by atoms with Gasteiger partial charge in [0.15, 0.2) is 0 Å². The van der Waals surface area contributed by atoms with E-state index >= 15 is 0 Å². The van der Waals surface area contributed by atoms with Gasteiger partial charge in [-0.25, -0.2) is 23.6 Å². The van der Waals surface area contributed by atoms with Crippen molar-refractivity contribution in [3.63, 3.8) is 0 Å². The van der Waals surface area contributed by atoms with Crippen LogP contribution in [-0.4, -0.2) is 59.7 Å². The molecule has 0 aliphatic carbocycles. The highest BCUT2D eigenvalue weighted by molar-refractivity contribution is 6.31. The summed E-state index contributed by atoms with van der Waals surface area (Å²) in [6.45, 7) is 6.23. The van der Waals surface area contributed by atoms with Crippen LogP contribution in [0.2, 0.25) is 5.02 Å². The first-order valence-corrected chi connectivity index (χ1v) is 14.4. The molecule has 0 fully saturated rings. The van der Waals surface area contributed by atoms with Gasteiger partial charge in [0.05, 0.1) is 22.6 Å². The van der Waals surface area contributed by atoms with Crippen molar-refractivity contribution in [2.24, 2.45) is 5.41 Å². The van der Waals surface area contributed by atoms with Gasteiger partial charge in [-0.2, -0.15) is 0 Å². The van der Waals surface area contributed by atoms with E-state index in [1.54, 1.807) is 39.8 Å². The van der Waals surface area contributed by atoms with Gasteiger partial charge in [0.2, 0.25) is 18.2 Å². The van der Waals surface area contributed by atoms with Crippen molar-refractivity contribution in [3.8, 4) is 0 Å². The number of hydrogen-bond donors (Lipinski definition) is 3. The maximum absolute atomic E-state index is 13.9. The summed E-state index contributed by atoms with van der Waals surface area (Å²) in [5.74, 6) is -1.88. The number of carbonyl (C=O) groups excluding carboxylic acids is 4. The number of amides is 4. The summed E-state index contributed by atoms with van der Waals surface area (Å²) >= 11 is 6.03. The molecule has 0 bridgehead atoms. The predicted octanol–water partition coefficient (Wildman–Crippen LogP) is 5.12. The van der Waals surface area contributed by atoms with E-state index in [-0.39, 0.29) is 49.9 Å². The molecule has 0 aliphatic rings. The highest BCUT2D eigenvalue weighted by Crippen LogP contribution is 2.27. The lowest BCUT2D eigenvalue weighted by Crippen LogP contribution is -2.44. The highest BCUT2D eigenvalue weighted by Gasteiger charge is 2.33. The average molecular weight is 648 g/mol. The highest BCUT2D eigenvalue weighted by atomic mass is 35.5. The summed E-state index contributed by atoms with van der Waals surface area (Å²) in [5, 5.41) is 9.85.